The van der Waals surface area contributed by atoms with Gasteiger partial charge in [0.25, 0.3) is 0 Å². The van der Waals surface area contributed by atoms with Crippen LogP contribution >= 0.6 is 0 Å². The van der Waals surface area contributed by atoms with E-state index in [9.17, 15) is 14.7 Å². The molecule has 0 saturated carbocycles. The number of aliphatic hydroxyl groups excluding tert-OH is 1. The standard InChI is InChI=1S/C23H29NO5/c1-16(2)13-21(25)22(26)24-20(23(27)28-3)14-17-9-11-19(12-10-17)29-15-18-7-5-4-6-8-18/h4-12,16,20-21,25H,13-15H2,1-3H3,(H,24,26)/t20-,21+/m0/s1. The summed E-state index contributed by atoms with van der Waals surface area (Å²) in [6.45, 7) is 4.29. The summed E-state index contributed by atoms with van der Waals surface area (Å²) < 4.78 is 10.6. The molecule has 2 aromatic carbocycles. The predicted molar refractivity (Wildman–Crippen MR) is 110 cm³/mol. The van der Waals surface area contributed by atoms with Crippen LogP contribution in [-0.2, 0) is 27.4 Å². The molecule has 6 heteroatoms. The number of hydrogen-bond acceptors (Lipinski definition) is 5. The van der Waals surface area contributed by atoms with Crippen LogP contribution in [0.15, 0.2) is 54.6 Å². The Labute approximate surface area is 171 Å². The monoisotopic (exact) mass is 399 g/mol. The summed E-state index contributed by atoms with van der Waals surface area (Å²) in [5.74, 6) is -0.254. The molecule has 2 rings (SSSR count). The summed E-state index contributed by atoms with van der Waals surface area (Å²) >= 11 is 0. The molecule has 0 fully saturated rings. The first-order valence-electron chi connectivity index (χ1n) is 9.71. The lowest BCUT2D eigenvalue weighted by Crippen LogP contribution is -2.47. The number of benzene rings is 2. The van der Waals surface area contributed by atoms with Crippen molar-refractivity contribution in [2.24, 2.45) is 5.92 Å². The van der Waals surface area contributed by atoms with E-state index in [4.69, 9.17) is 9.47 Å². The van der Waals surface area contributed by atoms with Crippen LogP contribution in [0.25, 0.3) is 0 Å². The quantitative estimate of drug-likeness (QED) is 0.600. The first kappa shape index (κ1) is 22.4. The first-order valence-corrected chi connectivity index (χ1v) is 9.71. The molecule has 6 nitrogen and oxygen atoms in total. The van der Waals surface area contributed by atoms with E-state index >= 15 is 0 Å². The van der Waals surface area contributed by atoms with E-state index in [0.29, 0.717) is 18.8 Å². The van der Waals surface area contributed by atoms with Gasteiger partial charge >= 0.3 is 5.97 Å². The van der Waals surface area contributed by atoms with Gasteiger partial charge in [-0.25, -0.2) is 4.79 Å². The number of hydrogen-bond donors (Lipinski definition) is 2. The molecule has 0 spiro atoms. The lowest BCUT2D eigenvalue weighted by molar-refractivity contribution is -0.146. The van der Waals surface area contributed by atoms with E-state index in [1.165, 1.54) is 7.11 Å². The number of esters is 1. The maximum Gasteiger partial charge on any atom is 0.328 e. The number of amides is 1. The Bertz CT molecular complexity index is 774. The average molecular weight is 399 g/mol. The van der Waals surface area contributed by atoms with Crippen molar-refractivity contribution in [3.63, 3.8) is 0 Å². The number of carbonyl (C=O) groups is 2. The first-order chi connectivity index (χ1) is 13.9. The molecule has 2 atom stereocenters. The van der Waals surface area contributed by atoms with Gasteiger partial charge in [0.05, 0.1) is 7.11 Å². The third-order valence-corrected chi connectivity index (χ3v) is 4.41. The highest BCUT2D eigenvalue weighted by Crippen LogP contribution is 2.16. The minimum Gasteiger partial charge on any atom is -0.489 e. The zero-order chi connectivity index (χ0) is 21.2. The van der Waals surface area contributed by atoms with Crippen LogP contribution < -0.4 is 10.1 Å². The van der Waals surface area contributed by atoms with Gasteiger partial charge in [-0.3, -0.25) is 4.79 Å². The van der Waals surface area contributed by atoms with E-state index in [0.717, 1.165) is 11.1 Å². The fourth-order valence-electron chi connectivity index (χ4n) is 2.86. The summed E-state index contributed by atoms with van der Waals surface area (Å²) in [5.41, 5.74) is 1.91. The van der Waals surface area contributed by atoms with Crippen LogP contribution in [0.4, 0.5) is 0 Å². The van der Waals surface area contributed by atoms with E-state index < -0.39 is 24.0 Å². The van der Waals surface area contributed by atoms with Crippen molar-refractivity contribution in [2.45, 2.75) is 45.4 Å². The third kappa shape index (κ3) is 7.58. The molecule has 2 aromatic rings. The lowest BCUT2D eigenvalue weighted by atomic mass is 10.0. The van der Waals surface area contributed by atoms with E-state index in [1.807, 2.05) is 68.4 Å². The van der Waals surface area contributed by atoms with Crippen LogP contribution in [-0.4, -0.2) is 36.2 Å². The Hall–Kier alpha value is -2.86. The van der Waals surface area contributed by atoms with Crippen molar-refractivity contribution in [1.29, 1.82) is 0 Å². The molecule has 156 valence electrons. The second kappa shape index (κ2) is 11.2. The van der Waals surface area contributed by atoms with Crippen LogP contribution in [0.1, 0.15) is 31.4 Å². The van der Waals surface area contributed by atoms with Crippen LogP contribution in [0, 0.1) is 5.92 Å². The molecule has 0 bridgehead atoms. The summed E-state index contributed by atoms with van der Waals surface area (Å²) in [4.78, 5) is 24.3. The summed E-state index contributed by atoms with van der Waals surface area (Å²) in [7, 11) is 1.27. The molecular weight excluding hydrogens is 370 g/mol. The molecule has 29 heavy (non-hydrogen) atoms. The van der Waals surface area contributed by atoms with Crippen molar-refractivity contribution in [2.75, 3.05) is 7.11 Å². The molecule has 0 aromatic heterocycles. The molecule has 2 N–H and O–H groups in total. The van der Waals surface area contributed by atoms with Gasteiger partial charge in [0.1, 0.15) is 24.5 Å². The van der Waals surface area contributed by atoms with Gasteiger partial charge in [-0.2, -0.15) is 0 Å². The van der Waals surface area contributed by atoms with Gasteiger partial charge in [-0.1, -0.05) is 56.3 Å². The molecule has 0 radical (unpaired) electrons. The van der Waals surface area contributed by atoms with Crippen LogP contribution in [0.5, 0.6) is 5.75 Å². The second-order valence-corrected chi connectivity index (χ2v) is 7.35. The van der Waals surface area contributed by atoms with Gasteiger partial charge in [-0.15, -0.1) is 0 Å². The van der Waals surface area contributed by atoms with Gasteiger partial charge in [-0.05, 0) is 35.6 Å². The van der Waals surface area contributed by atoms with Crippen molar-refractivity contribution in [3.05, 3.63) is 65.7 Å². The van der Waals surface area contributed by atoms with Gasteiger partial charge < -0.3 is 19.9 Å². The SMILES string of the molecule is COC(=O)[C@H](Cc1ccc(OCc2ccccc2)cc1)NC(=O)[C@H](O)CC(C)C. The van der Waals surface area contributed by atoms with Crippen molar-refractivity contribution in [3.8, 4) is 5.75 Å². The molecule has 0 aliphatic rings. The van der Waals surface area contributed by atoms with Crippen molar-refractivity contribution < 1.29 is 24.2 Å². The molecule has 1 amide bonds. The van der Waals surface area contributed by atoms with Crippen molar-refractivity contribution >= 4 is 11.9 Å². The average Bonchev–Trinajstić information content (AvgIpc) is 2.72. The predicted octanol–water partition coefficient (Wildman–Crippen LogP) is 2.87. The second-order valence-electron chi connectivity index (χ2n) is 7.35. The Morgan fingerprint density at radius 3 is 2.24 bits per heavy atom. The molecule has 0 unspecified atom stereocenters. The highest BCUT2D eigenvalue weighted by molar-refractivity contribution is 5.87. The third-order valence-electron chi connectivity index (χ3n) is 4.41. The Kier molecular flexibility index (Phi) is 8.68. The Morgan fingerprint density at radius 2 is 1.66 bits per heavy atom. The zero-order valence-corrected chi connectivity index (χ0v) is 17.1. The lowest BCUT2D eigenvalue weighted by Gasteiger charge is -2.20. The molecule has 0 aliphatic heterocycles. The Morgan fingerprint density at radius 1 is 1.00 bits per heavy atom. The molecular formula is C23H29NO5. The number of nitrogens with one attached hydrogen (secondary N) is 1. The summed E-state index contributed by atoms with van der Waals surface area (Å²) in [6.07, 6.45) is -0.574. The van der Waals surface area contributed by atoms with Gasteiger partial charge in [0.15, 0.2) is 0 Å². The van der Waals surface area contributed by atoms with Gasteiger partial charge in [0.2, 0.25) is 5.91 Å². The maximum atomic E-state index is 12.2. The number of ether oxygens (including phenoxy) is 2. The van der Waals surface area contributed by atoms with Gasteiger partial charge in [0, 0.05) is 6.42 Å². The maximum absolute atomic E-state index is 12.2. The van der Waals surface area contributed by atoms with Crippen LogP contribution in [0.3, 0.4) is 0 Å². The van der Waals surface area contributed by atoms with E-state index in [2.05, 4.69) is 5.32 Å². The highest BCUT2D eigenvalue weighted by Gasteiger charge is 2.25. The minimum atomic E-state index is -1.16. The number of methoxy groups -OCH3 is 1. The molecule has 0 heterocycles. The number of rotatable bonds is 10. The van der Waals surface area contributed by atoms with Crippen LogP contribution in [0.2, 0.25) is 0 Å². The topological polar surface area (TPSA) is 84.9 Å². The summed E-state index contributed by atoms with van der Waals surface area (Å²) in [5, 5.41) is 12.6. The van der Waals surface area contributed by atoms with E-state index in [1.54, 1.807) is 0 Å². The molecule has 0 saturated heterocycles. The molecule has 0 aliphatic carbocycles. The Balaban J connectivity index is 1.96. The zero-order valence-electron chi connectivity index (χ0n) is 17.1. The highest BCUT2D eigenvalue weighted by atomic mass is 16.5. The number of aliphatic hydroxyl groups is 1. The largest absolute Gasteiger partial charge is 0.489 e. The normalized spacial score (nSPS) is 12.9. The van der Waals surface area contributed by atoms with Crippen molar-refractivity contribution in [1.82, 2.24) is 5.32 Å². The summed E-state index contributed by atoms with van der Waals surface area (Å²) in [6, 6.07) is 16.3. The number of carbonyl (C=O) groups excluding carboxylic acids is 2. The fraction of sp³-hybridized carbons (Fsp3) is 0.391. The fourth-order valence-corrected chi connectivity index (χ4v) is 2.86. The minimum absolute atomic E-state index is 0.163. The van der Waals surface area contributed by atoms with E-state index in [-0.39, 0.29) is 12.3 Å². The smallest absolute Gasteiger partial charge is 0.328 e.